The van der Waals surface area contributed by atoms with Crippen molar-refractivity contribution >= 4 is 28.2 Å². The molecule has 3 saturated heterocycles. The van der Waals surface area contributed by atoms with Gasteiger partial charge in [-0.05, 0) is 69.6 Å². The van der Waals surface area contributed by atoms with Gasteiger partial charge in [0.2, 0.25) is 5.91 Å². The molecule has 0 aliphatic carbocycles. The molecule has 5 heterocycles. The third-order valence-electron chi connectivity index (χ3n) is 9.90. The lowest BCUT2D eigenvalue weighted by Crippen LogP contribution is -2.47. The molecule has 9 nitrogen and oxygen atoms in total. The van der Waals surface area contributed by atoms with Crippen molar-refractivity contribution in [3.63, 3.8) is 0 Å². The Labute approximate surface area is 248 Å². The summed E-state index contributed by atoms with van der Waals surface area (Å²) in [5.41, 5.74) is 4.88. The van der Waals surface area contributed by atoms with Crippen LogP contribution < -0.4 is 19.9 Å². The number of rotatable bonds is 7. The Balaban J connectivity index is 1.16. The number of amides is 1. The highest BCUT2D eigenvalue weighted by atomic mass is 16.5. The fraction of sp³-hybridized carbons (Fsp3) is 0.545. The van der Waals surface area contributed by atoms with Crippen LogP contribution in [0.1, 0.15) is 42.5 Å². The van der Waals surface area contributed by atoms with Crippen LogP contribution in [0, 0.1) is 6.92 Å². The van der Waals surface area contributed by atoms with Crippen LogP contribution in [-0.2, 0) is 17.8 Å². The molecule has 4 aliphatic heterocycles. The number of fused-ring (bicyclic) bond motifs is 2. The van der Waals surface area contributed by atoms with Crippen molar-refractivity contribution < 1.29 is 9.53 Å². The Morgan fingerprint density at radius 2 is 1.83 bits per heavy atom. The minimum Gasteiger partial charge on any atom is -0.462 e. The number of aryl methyl sites for hydroxylation is 1. The van der Waals surface area contributed by atoms with Crippen molar-refractivity contribution in [1.82, 2.24) is 25.1 Å². The van der Waals surface area contributed by atoms with Gasteiger partial charge < -0.3 is 29.7 Å². The number of aromatic nitrogens is 2. The number of likely N-dealkylation sites (N-methyl/N-ethyl adjacent to an activating group) is 2. The first kappa shape index (κ1) is 27.4. The van der Waals surface area contributed by atoms with Gasteiger partial charge >= 0.3 is 6.01 Å². The van der Waals surface area contributed by atoms with Crippen molar-refractivity contribution in [1.29, 1.82) is 0 Å². The van der Waals surface area contributed by atoms with Crippen LogP contribution in [0.3, 0.4) is 0 Å². The fourth-order valence-corrected chi connectivity index (χ4v) is 7.17. The Morgan fingerprint density at radius 1 is 1.05 bits per heavy atom. The number of carbonyl (C=O) groups is 1. The van der Waals surface area contributed by atoms with Crippen molar-refractivity contribution in [2.24, 2.45) is 0 Å². The number of hydrogen-bond donors (Lipinski definition) is 1. The van der Waals surface area contributed by atoms with E-state index in [1.54, 1.807) is 0 Å². The minimum atomic E-state index is 0.0222. The smallest absolute Gasteiger partial charge is 0.318 e. The van der Waals surface area contributed by atoms with Crippen LogP contribution in [0.25, 0.3) is 10.8 Å². The SMILES string of the molecule is Cc1cccc2cccc(N3CCc4c(nc(OCC5CCCN5C)nc4N4CCC(N(C)C(=O)C5CN5)CC4)C3)c12. The van der Waals surface area contributed by atoms with Gasteiger partial charge in [0.15, 0.2) is 0 Å². The third-order valence-corrected chi connectivity index (χ3v) is 9.90. The van der Waals surface area contributed by atoms with E-state index in [0.717, 1.165) is 76.5 Å². The Hall–Kier alpha value is -3.43. The van der Waals surface area contributed by atoms with E-state index in [1.807, 2.05) is 11.9 Å². The number of nitrogens with zero attached hydrogens (tertiary/aromatic N) is 6. The van der Waals surface area contributed by atoms with E-state index in [2.05, 4.69) is 70.4 Å². The zero-order valence-corrected chi connectivity index (χ0v) is 25.2. The summed E-state index contributed by atoms with van der Waals surface area (Å²) in [5.74, 6) is 1.25. The lowest BCUT2D eigenvalue weighted by atomic mass is 9.98. The summed E-state index contributed by atoms with van der Waals surface area (Å²) < 4.78 is 6.34. The number of likely N-dealkylation sites (tertiary alicyclic amines) is 1. The first-order chi connectivity index (χ1) is 20.5. The predicted octanol–water partition coefficient (Wildman–Crippen LogP) is 3.37. The number of benzene rings is 2. The predicted molar refractivity (Wildman–Crippen MR) is 166 cm³/mol. The van der Waals surface area contributed by atoms with Gasteiger partial charge in [0.05, 0.1) is 18.3 Å². The maximum absolute atomic E-state index is 12.7. The van der Waals surface area contributed by atoms with Gasteiger partial charge in [-0.25, -0.2) is 0 Å². The lowest BCUT2D eigenvalue weighted by molar-refractivity contribution is -0.131. The molecule has 9 heteroatoms. The maximum Gasteiger partial charge on any atom is 0.318 e. The van der Waals surface area contributed by atoms with Crippen LogP contribution in [0.15, 0.2) is 36.4 Å². The fourth-order valence-electron chi connectivity index (χ4n) is 7.17. The highest BCUT2D eigenvalue weighted by Gasteiger charge is 2.36. The highest BCUT2D eigenvalue weighted by molar-refractivity contribution is 5.97. The van der Waals surface area contributed by atoms with Crippen LogP contribution in [0.4, 0.5) is 11.5 Å². The summed E-state index contributed by atoms with van der Waals surface area (Å²) in [5, 5.41) is 5.75. The zero-order valence-electron chi connectivity index (χ0n) is 25.2. The molecular weight excluding hydrogens is 526 g/mol. The first-order valence-corrected chi connectivity index (χ1v) is 15.7. The Kier molecular flexibility index (Phi) is 7.40. The molecule has 4 aliphatic rings. The van der Waals surface area contributed by atoms with Gasteiger partial charge in [0, 0.05) is 61.9 Å². The monoisotopic (exact) mass is 569 g/mol. The lowest BCUT2D eigenvalue weighted by Gasteiger charge is -2.39. The van der Waals surface area contributed by atoms with Crippen molar-refractivity contribution in [3.8, 4) is 6.01 Å². The second kappa shape index (κ2) is 11.3. The molecule has 42 heavy (non-hydrogen) atoms. The van der Waals surface area contributed by atoms with Crippen LogP contribution in [0.5, 0.6) is 6.01 Å². The van der Waals surface area contributed by atoms with E-state index in [-0.39, 0.29) is 18.0 Å². The molecule has 2 atom stereocenters. The van der Waals surface area contributed by atoms with Gasteiger partial charge in [-0.2, -0.15) is 9.97 Å². The molecule has 2 aromatic carbocycles. The minimum absolute atomic E-state index is 0.0222. The number of nitrogens with one attached hydrogen (secondary N) is 1. The summed E-state index contributed by atoms with van der Waals surface area (Å²) in [6, 6.07) is 14.3. The standard InChI is InChI=1S/C33H43N7O2/c1-22-7-4-8-23-9-5-11-29(30(22)23)40-18-14-26-28(20-40)35-33(42-21-25-10-6-15-37(25)2)36-31(26)39-16-12-24(13-17-39)38(3)32(41)27-19-34-27/h4-5,7-9,11,24-25,27,34H,6,10,12-21H2,1-3H3. The molecule has 0 spiro atoms. The average molecular weight is 570 g/mol. The molecule has 222 valence electrons. The molecule has 0 radical (unpaired) electrons. The largest absolute Gasteiger partial charge is 0.462 e. The Morgan fingerprint density at radius 3 is 2.57 bits per heavy atom. The van der Waals surface area contributed by atoms with Gasteiger partial charge in [-0.15, -0.1) is 0 Å². The van der Waals surface area contributed by atoms with Gasteiger partial charge in [-0.1, -0.05) is 30.3 Å². The van der Waals surface area contributed by atoms with E-state index in [9.17, 15) is 4.79 Å². The quantitative estimate of drug-likeness (QED) is 0.434. The summed E-state index contributed by atoms with van der Waals surface area (Å²) >= 11 is 0. The number of hydrogen-bond acceptors (Lipinski definition) is 8. The number of piperidine rings is 1. The summed E-state index contributed by atoms with van der Waals surface area (Å²) in [6.45, 7) is 8.15. The molecule has 3 aromatic rings. The summed E-state index contributed by atoms with van der Waals surface area (Å²) in [4.78, 5) is 32.0. The normalized spacial score (nSPS) is 22.8. The second-order valence-corrected chi connectivity index (χ2v) is 12.6. The van der Waals surface area contributed by atoms with Crippen LogP contribution >= 0.6 is 0 Å². The zero-order chi connectivity index (χ0) is 28.8. The Bertz CT molecular complexity index is 1460. The maximum atomic E-state index is 12.7. The first-order valence-electron chi connectivity index (χ1n) is 15.7. The molecular formula is C33H43N7O2. The number of anilines is 2. The molecule has 3 fully saturated rings. The van der Waals surface area contributed by atoms with E-state index in [4.69, 9.17) is 14.7 Å². The molecule has 1 aromatic heterocycles. The summed E-state index contributed by atoms with van der Waals surface area (Å²) in [7, 11) is 4.14. The van der Waals surface area contributed by atoms with E-state index in [1.165, 1.54) is 34.0 Å². The van der Waals surface area contributed by atoms with Crippen molar-refractivity contribution in [2.45, 2.75) is 63.7 Å². The molecule has 2 unspecified atom stereocenters. The van der Waals surface area contributed by atoms with E-state index in [0.29, 0.717) is 18.7 Å². The van der Waals surface area contributed by atoms with Crippen LogP contribution in [-0.4, -0.2) is 97.2 Å². The van der Waals surface area contributed by atoms with Gasteiger partial charge in [-0.3, -0.25) is 4.79 Å². The highest BCUT2D eigenvalue weighted by Crippen LogP contribution is 2.36. The van der Waals surface area contributed by atoms with Crippen molar-refractivity contribution in [2.75, 3.05) is 63.2 Å². The molecule has 0 bridgehead atoms. The molecule has 1 amide bonds. The van der Waals surface area contributed by atoms with Gasteiger partial charge in [0.1, 0.15) is 12.4 Å². The second-order valence-electron chi connectivity index (χ2n) is 12.6. The third kappa shape index (κ3) is 5.28. The van der Waals surface area contributed by atoms with Gasteiger partial charge in [0.25, 0.3) is 0 Å². The van der Waals surface area contributed by atoms with Crippen LogP contribution in [0.2, 0.25) is 0 Å². The number of carbonyl (C=O) groups excluding carboxylic acids is 1. The van der Waals surface area contributed by atoms with Crippen molar-refractivity contribution in [3.05, 3.63) is 53.2 Å². The van der Waals surface area contributed by atoms with E-state index < -0.39 is 0 Å². The summed E-state index contributed by atoms with van der Waals surface area (Å²) in [6.07, 6.45) is 5.14. The topological polar surface area (TPSA) is 87.0 Å². The number of ether oxygens (including phenoxy) is 1. The molecule has 1 N–H and O–H groups in total. The average Bonchev–Trinajstić information content (AvgIpc) is 3.79. The molecule has 7 rings (SSSR count). The van der Waals surface area contributed by atoms with E-state index >= 15 is 0 Å². The molecule has 0 saturated carbocycles.